The molecule has 2 aromatic rings. The molecule has 0 amide bonds. The SMILES string of the molecule is C=C(NOCC(=O)O)c1ccc(NS(=O)O)c(COc2ccc(F)cc2F)c1. The molecule has 2 aromatic carbocycles. The Kier molecular flexibility index (Phi) is 7.44. The maximum Gasteiger partial charge on any atom is 0.332 e. The van der Waals surface area contributed by atoms with Crippen LogP contribution in [0.2, 0.25) is 0 Å². The number of rotatable bonds is 10. The summed E-state index contributed by atoms with van der Waals surface area (Å²) in [5.41, 5.74) is 3.61. The van der Waals surface area contributed by atoms with Gasteiger partial charge >= 0.3 is 5.97 Å². The topological polar surface area (TPSA) is 117 Å². The molecule has 11 heteroatoms. The molecule has 0 aliphatic rings. The molecule has 0 radical (unpaired) electrons. The van der Waals surface area contributed by atoms with Crippen molar-refractivity contribution < 1.29 is 37.0 Å². The Labute approximate surface area is 161 Å². The summed E-state index contributed by atoms with van der Waals surface area (Å²) >= 11 is -2.37. The molecule has 8 nitrogen and oxygen atoms in total. The second-order valence-electron chi connectivity index (χ2n) is 5.35. The summed E-state index contributed by atoms with van der Waals surface area (Å²) in [6.45, 7) is 2.88. The van der Waals surface area contributed by atoms with Gasteiger partial charge in [-0.15, -0.1) is 0 Å². The second-order valence-corrected chi connectivity index (χ2v) is 6.05. The van der Waals surface area contributed by atoms with Gasteiger partial charge in [0.25, 0.3) is 11.3 Å². The van der Waals surface area contributed by atoms with Gasteiger partial charge in [-0.3, -0.25) is 19.6 Å². The van der Waals surface area contributed by atoms with Crippen molar-refractivity contribution in [2.24, 2.45) is 0 Å². The third kappa shape index (κ3) is 6.30. The van der Waals surface area contributed by atoms with Crippen molar-refractivity contribution in [3.05, 3.63) is 65.7 Å². The van der Waals surface area contributed by atoms with Crippen LogP contribution in [0.4, 0.5) is 14.5 Å². The first kappa shape index (κ1) is 21.3. The summed E-state index contributed by atoms with van der Waals surface area (Å²) in [7, 11) is 0. The van der Waals surface area contributed by atoms with E-state index in [0.29, 0.717) is 17.2 Å². The second kappa shape index (κ2) is 9.78. The van der Waals surface area contributed by atoms with E-state index in [2.05, 4.69) is 16.8 Å². The van der Waals surface area contributed by atoms with E-state index in [0.717, 1.165) is 12.1 Å². The van der Waals surface area contributed by atoms with Gasteiger partial charge in [-0.1, -0.05) is 12.6 Å². The number of aliphatic carboxylic acids is 1. The van der Waals surface area contributed by atoms with E-state index < -0.39 is 35.5 Å². The fraction of sp³-hybridized carbons (Fsp3) is 0.118. The number of carboxylic acids is 1. The Balaban J connectivity index is 2.19. The molecule has 0 saturated carbocycles. The molecule has 2 rings (SSSR count). The lowest BCUT2D eigenvalue weighted by molar-refractivity contribution is -0.143. The van der Waals surface area contributed by atoms with E-state index in [1.807, 2.05) is 0 Å². The van der Waals surface area contributed by atoms with Crippen LogP contribution in [0.15, 0.2) is 43.0 Å². The number of carboxylic acid groups (broad SMARTS) is 1. The van der Waals surface area contributed by atoms with Crippen molar-refractivity contribution in [3.8, 4) is 5.75 Å². The Bertz CT molecular complexity index is 909. The summed E-state index contributed by atoms with van der Waals surface area (Å²) in [5.74, 6) is -3.04. The van der Waals surface area contributed by atoms with Crippen LogP contribution in [0.3, 0.4) is 0 Å². The maximum atomic E-state index is 13.7. The average Bonchev–Trinajstić information content (AvgIpc) is 2.61. The van der Waals surface area contributed by atoms with Crippen LogP contribution in [0, 0.1) is 11.6 Å². The molecule has 0 heterocycles. The van der Waals surface area contributed by atoms with Crippen LogP contribution in [0.1, 0.15) is 11.1 Å². The van der Waals surface area contributed by atoms with Crippen LogP contribution in [0.25, 0.3) is 5.70 Å². The molecule has 4 N–H and O–H groups in total. The zero-order valence-corrected chi connectivity index (χ0v) is 15.1. The quantitative estimate of drug-likeness (QED) is 0.349. The minimum Gasteiger partial charge on any atom is -0.486 e. The van der Waals surface area contributed by atoms with Crippen molar-refractivity contribution in [1.29, 1.82) is 0 Å². The molecule has 28 heavy (non-hydrogen) atoms. The lowest BCUT2D eigenvalue weighted by Crippen LogP contribution is -2.18. The lowest BCUT2D eigenvalue weighted by atomic mass is 10.1. The Morgan fingerprint density at radius 3 is 2.61 bits per heavy atom. The molecule has 0 spiro atoms. The van der Waals surface area contributed by atoms with Gasteiger partial charge < -0.3 is 9.84 Å². The molecule has 1 atom stereocenters. The van der Waals surface area contributed by atoms with Crippen molar-refractivity contribution in [2.75, 3.05) is 11.3 Å². The summed E-state index contributed by atoms with van der Waals surface area (Å²) in [6.07, 6.45) is 0. The number of hydroxylamine groups is 1. The standard InChI is InChI=1S/C17H16F2N2O6S/c1-10(20-27-9-17(22)23)11-2-4-15(21-28(24)25)12(6-11)8-26-16-5-3-13(18)7-14(16)19/h2-7,20-21H,1,8-9H2,(H,22,23)(H,24,25). The number of benzene rings is 2. The first-order chi connectivity index (χ1) is 13.3. The molecular weight excluding hydrogens is 398 g/mol. The van der Waals surface area contributed by atoms with E-state index >= 15 is 0 Å². The van der Waals surface area contributed by atoms with Crippen LogP contribution in [-0.2, 0) is 27.5 Å². The third-order valence-corrected chi connectivity index (χ3v) is 3.71. The Hall–Kier alpha value is -3.02. The van der Waals surface area contributed by atoms with Crippen molar-refractivity contribution >= 4 is 28.6 Å². The molecule has 0 aliphatic heterocycles. The minimum absolute atomic E-state index is 0.204. The van der Waals surface area contributed by atoms with E-state index in [9.17, 15) is 17.8 Å². The number of ether oxygens (including phenoxy) is 1. The molecule has 150 valence electrons. The van der Waals surface area contributed by atoms with Crippen molar-refractivity contribution in [3.63, 3.8) is 0 Å². The number of halogens is 2. The highest BCUT2D eigenvalue weighted by molar-refractivity contribution is 7.80. The molecule has 0 saturated heterocycles. The van der Waals surface area contributed by atoms with E-state index in [4.69, 9.17) is 19.2 Å². The van der Waals surface area contributed by atoms with Gasteiger partial charge in [0.2, 0.25) is 0 Å². The van der Waals surface area contributed by atoms with Crippen LogP contribution >= 0.6 is 0 Å². The zero-order valence-electron chi connectivity index (χ0n) is 14.3. The number of hydrogen-bond donors (Lipinski definition) is 4. The first-order valence-corrected chi connectivity index (χ1v) is 8.74. The van der Waals surface area contributed by atoms with E-state index in [1.54, 1.807) is 0 Å². The van der Waals surface area contributed by atoms with E-state index in [1.165, 1.54) is 18.2 Å². The van der Waals surface area contributed by atoms with E-state index in [-0.39, 0.29) is 23.7 Å². The van der Waals surface area contributed by atoms with Gasteiger partial charge in [-0.05, 0) is 29.8 Å². The highest BCUT2D eigenvalue weighted by Crippen LogP contribution is 2.24. The van der Waals surface area contributed by atoms with Gasteiger partial charge in [-0.25, -0.2) is 17.8 Å². The van der Waals surface area contributed by atoms with Crippen LogP contribution in [-0.4, -0.2) is 26.4 Å². The highest BCUT2D eigenvalue weighted by atomic mass is 32.2. The Morgan fingerprint density at radius 1 is 1.21 bits per heavy atom. The monoisotopic (exact) mass is 414 g/mol. The molecular formula is C17H16F2N2O6S. The molecule has 0 aliphatic carbocycles. The normalized spacial score (nSPS) is 11.5. The molecule has 0 fully saturated rings. The van der Waals surface area contributed by atoms with Crippen molar-refractivity contribution in [2.45, 2.75) is 6.61 Å². The highest BCUT2D eigenvalue weighted by Gasteiger charge is 2.11. The summed E-state index contributed by atoms with van der Waals surface area (Å²) in [6, 6.07) is 7.30. The fourth-order valence-electron chi connectivity index (χ4n) is 2.09. The fourth-order valence-corrected chi connectivity index (χ4v) is 2.47. The summed E-state index contributed by atoms with van der Waals surface area (Å²) < 4.78 is 54.4. The van der Waals surface area contributed by atoms with Gasteiger partial charge in [0, 0.05) is 11.6 Å². The number of nitrogens with one attached hydrogen (secondary N) is 2. The van der Waals surface area contributed by atoms with Gasteiger partial charge in [-0.2, -0.15) is 0 Å². The predicted octanol–water partition coefficient (Wildman–Crippen LogP) is 2.67. The van der Waals surface area contributed by atoms with Crippen molar-refractivity contribution in [1.82, 2.24) is 5.48 Å². The maximum absolute atomic E-state index is 13.7. The van der Waals surface area contributed by atoms with Gasteiger partial charge in [0.1, 0.15) is 12.4 Å². The molecule has 0 bridgehead atoms. The largest absolute Gasteiger partial charge is 0.486 e. The average molecular weight is 414 g/mol. The van der Waals surface area contributed by atoms with Crippen LogP contribution < -0.4 is 14.9 Å². The number of anilines is 1. The van der Waals surface area contributed by atoms with Gasteiger partial charge in [0.15, 0.2) is 18.2 Å². The first-order valence-electron chi connectivity index (χ1n) is 7.63. The van der Waals surface area contributed by atoms with Crippen LogP contribution in [0.5, 0.6) is 5.75 Å². The van der Waals surface area contributed by atoms with Gasteiger partial charge in [0.05, 0.1) is 11.4 Å². The predicted molar refractivity (Wildman–Crippen MR) is 97.3 cm³/mol. The number of carbonyl (C=O) groups is 1. The molecule has 1 unspecified atom stereocenters. The smallest absolute Gasteiger partial charge is 0.332 e. The Morgan fingerprint density at radius 2 is 1.96 bits per heavy atom. The number of hydrogen-bond acceptors (Lipinski definition) is 5. The summed E-state index contributed by atoms with van der Waals surface area (Å²) in [5, 5.41) is 8.55. The third-order valence-electron chi connectivity index (χ3n) is 3.32. The molecule has 0 aromatic heterocycles. The zero-order chi connectivity index (χ0) is 20.7. The summed E-state index contributed by atoms with van der Waals surface area (Å²) in [4.78, 5) is 15.2. The minimum atomic E-state index is -2.37. The lowest BCUT2D eigenvalue weighted by Gasteiger charge is -2.15.